The summed E-state index contributed by atoms with van der Waals surface area (Å²) in [6, 6.07) is 7.48. The molecular weight excluding hydrogens is 344 g/mol. The van der Waals surface area contributed by atoms with Gasteiger partial charge in [-0.15, -0.1) is 0 Å². The van der Waals surface area contributed by atoms with Crippen molar-refractivity contribution in [1.82, 2.24) is 9.62 Å². The normalized spacial score (nSPS) is 15.4. The lowest BCUT2D eigenvalue weighted by atomic mass is 10.1. The fourth-order valence-corrected chi connectivity index (χ4v) is 3.94. The molecule has 0 radical (unpaired) electrons. The highest BCUT2D eigenvalue weighted by Crippen LogP contribution is 2.17. The average Bonchev–Trinajstić information content (AvgIpc) is 2.55. The molecule has 0 unspecified atom stereocenters. The van der Waals surface area contributed by atoms with Crippen LogP contribution in [0, 0.1) is 11.3 Å². The first-order valence-electron chi connectivity index (χ1n) is 7.86. The van der Waals surface area contributed by atoms with Crippen LogP contribution in [0.4, 0.5) is 5.69 Å². The Morgan fingerprint density at radius 3 is 2.36 bits per heavy atom. The van der Waals surface area contributed by atoms with Crippen LogP contribution < -0.4 is 10.0 Å². The number of hydrogen-bond donors (Lipinski definition) is 2. The van der Waals surface area contributed by atoms with Crippen molar-refractivity contribution in [2.24, 2.45) is 0 Å². The second-order valence-electron chi connectivity index (χ2n) is 5.82. The van der Waals surface area contributed by atoms with Gasteiger partial charge in [0, 0.05) is 31.7 Å². The van der Waals surface area contributed by atoms with Gasteiger partial charge >= 0.3 is 0 Å². The maximum Gasteiger partial charge on any atom is 0.240 e. The molecule has 0 bridgehead atoms. The fourth-order valence-electron chi connectivity index (χ4n) is 2.63. The highest BCUT2D eigenvalue weighted by atomic mass is 32.2. The molecule has 1 aliphatic rings. The smallest absolute Gasteiger partial charge is 0.240 e. The molecule has 8 nitrogen and oxygen atoms in total. The van der Waals surface area contributed by atoms with Crippen molar-refractivity contribution >= 4 is 27.5 Å². The van der Waals surface area contributed by atoms with E-state index >= 15 is 0 Å². The highest BCUT2D eigenvalue weighted by Gasteiger charge is 2.26. The lowest BCUT2D eigenvalue weighted by Crippen LogP contribution is -2.46. The van der Waals surface area contributed by atoms with Gasteiger partial charge in [0.1, 0.15) is 6.42 Å². The molecule has 1 fully saturated rings. The second-order valence-corrected chi connectivity index (χ2v) is 7.53. The maximum atomic E-state index is 12.4. The Hall–Kier alpha value is -2.44. The van der Waals surface area contributed by atoms with Crippen molar-refractivity contribution in [2.75, 3.05) is 18.4 Å². The van der Waals surface area contributed by atoms with Gasteiger partial charge in [-0.1, -0.05) is 0 Å². The molecule has 0 aromatic heterocycles. The molecule has 9 heteroatoms. The topological polar surface area (TPSA) is 119 Å². The number of rotatable bonds is 5. The van der Waals surface area contributed by atoms with Crippen LogP contribution in [0.3, 0.4) is 0 Å². The Labute approximate surface area is 146 Å². The monoisotopic (exact) mass is 364 g/mol. The molecule has 1 aromatic rings. The number of hydrogen-bond acceptors (Lipinski definition) is 5. The second kappa shape index (κ2) is 8.09. The van der Waals surface area contributed by atoms with E-state index in [4.69, 9.17) is 5.26 Å². The van der Waals surface area contributed by atoms with E-state index in [1.54, 1.807) is 4.90 Å². The van der Waals surface area contributed by atoms with Crippen LogP contribution in [0.1, 0.15) is 26.2 Å². The van der Waals surface area contributed by atoms with Crippen molar-refractivity contribution in [2.45, 2.75) is 37.1 Å². The minimum absolute atomic E-state index is 0.115. The van der Waals surface area contributed by atoms with Gasteiger partial charge < -0.3 is 10.2 Å². The number of carbonyl (C=O) groups is 2. The summed E-state index contributed by atoms with van der Waals surface area (Å²) in [4.78, 5) is 24.3. The lowest BCUT2D eigenvalue weighted by Gasteiger charge is -2.31. The number of carbonyl (C=O) groups excluding carboxylic acids is 2. The first kappa shape index (κ1) is 18.9. The van der Waals surface area contributed by atoms with E-state index in [-0.39, 0.29) is 29.2 Å². The minimum Gasteiger partial charge on any atom is -0.342 e. The molecule has 1 saturated heterocycles. The molecule has 0 aliphatic carbocycles. The van der Waals surface area contributed by atoms with Crippen LogP contribution in [-0.4, -0.2) is 44.3 Å². The Kier molecular flexibility index (Phi) is 6.12. The van der Waals surface area contributed by atoms with Crippen molar-refractivity contribution in [1.29, 1.82) is 5.26 Å². The zero-order valence-electron chi connectivity index (χ0n) is 13.9. The standard InChI is InChI=1S/C16H20N4O4S/c1-12(21)18-13-2-4-15(5-3-13)25(23,24)19-14-7-10-20(11-8-14)16(22)6-9-17/h2-5,14,19H,6-8,10-11H2,1H3,(H,18,21). The van der Waals surface area contributed by atoms with Crippen LogP contribution in [0.5, 0.6) is 0 Å². The van der Waals surface area contributed by atoms with E-state index in [2.05, 4.69) is 10.0 Å². The SMILES string of the molecule is CC(=O)Nc1ccc(S(=O)(=O)NC2CCN(C(=O)CC#N)CC2)cc1. The van der Waals surface area contributed by atoms with Crippen LogP contribution in [0.15, 0.2) is 29.2 Å². The molecule has 2 amide bonds. The molecule has 2 rings (SSSR count). The average molecular weight is 364 g/mol. The molecule has 1 aromatic carbocycles. The summed E-state index contributed by atoms with van der Waals surface area (Å²) >= 11 is 0. The molecule has 1 heterocycles. The molecule has 0 saturated carbocycles. The summed E-state index contributed by atoms with van der Waals surface area (Å²) < 4.78 is 27.5. The number of piperidine rings is 1. The molecular formula is C16H20N4O4S. The van der Waals surface area contributed by atoms with Crippen molar-refractivity contribution < 1.29 is 18.0 Å². The minimum atomic E-state index is -3.67. The van der Waals surface area contributed by atoms with Gasteiger partial charge in [-0.05, 0) is 37.1 Å². The molecule has 25 heavy (non-hydrogen) atoms. The molecule has 134 valence electrons. The largest absolute Gasteiger partial charge is 0.342 e. The Bertz CT molecular complexity index is 775. The van der Waals surface area contributed by atoms with Gasteiger partial charge in [-0.2, -0.15) is 5.26 Å². The number of nitrogens with zero attached hydrogens (tertiary/aromatic N) is 2. The van der Waals surface area contributed by atoms with E-state index in [9.17, 15) is 18.0 Å². The van der Waals surface area contributed by atoms with Gasteiger partial charge in [0.25, 0.3) is 0 Å². The van der Waals surface area contributed by atoms with Gasteiger partial charge in [0.15, 0.2) is 0 Å². The van der Waals surface area contributed by atoms with Crippen LogP contribution >= 0.6 is 0 Å². The lowest BCUT2D eigenvalue weighted by molar-refractivity contribution is -0.131. The number of amides is 2. The first-order valence-corrected chi connectivity index (χ1v) is 9.35. The maximum absolute atomic E-state index is 12.4. The van der Waals surface area contributed by atoms with Crippen molar-refractivity contribution in [3.8, 4) is 6.07 Å². The fraction of sp³-hybridized carbons (Fsp3) is 0.438. The molecule has 2 N–H and O–H groups in total. The van der Waals surface area contributed by atoms with E-state index in [1.807, 2.05) is 6.07 Å². The number of likely N-dealkylation sites (tertiary alicyclic amines) is 1. The summed E-state index contributed by atoms with van der Waals surface area (Å²) in [5.74, 6) is -0.455. The predicted molar refractivity (Wildman–Crippen MR) is 90.9 cm³/mol. The number of sulfonamides is 1. The van der Waals surface area contributed by atoms with E-state index < -0.39 is 10.0 Å². The summed E-state index contributed by atoms with van der Waals surface area (Å²) in [5.41, 5.74) is 0.524. The third-order valence-electron chi connectivity index (χ3n) is 3.88. The number of nitriles is 1. The summed E-state index contributed by atoms with van der Waals surface area (Å²) in [6.07, 6.45) is 0.845. The molecule has 0 atom stereocenters. The zero-order valence-corrected chi connectivity index (χ0v) is 14.7. The van der Waals surface area contributed by atoms with Gasteiger partial charge in [-0.3, -0.25) is 9.59 Å². The van der Waals surface area contributed by atoms with Crippen LogP contribution in [0.2, 0.25) is 0 Å². The van der Waals surface area contributed by atoms with Crippen LogP contribution in [-0.2, 0) is 19.6 Å². The third kappa shape index (κ3) is 5.27. The van der Waals surface area contributed by atoms with Gasteiger partial charge in [-0.25, -0.2) is 13.1 Å². The van der Waals surface area contributed by atoms with E-state index in [1.165, 1.54) is 31.2 Å². The Balaban J connectivity index is 1.95. The van der Waals surface area contributed by atoms with Gasteiger partial charge in [0.2, 0.25) is 21.8 Å². The quantitative estimate of drug-likeness (QED) is 0.802. The summed E-state index contributed by atoms with van der Waals surface area (Å²) in [5, 5.41) is 11.1. The van der Waals surface area contributed by atoms with Crippen molar-refractivity contribution in [3.05, 3.63) is 24.3 Å². The number of nitrogens with one attached hydrogen (secondary N) is 2. The van der Waals surface area contributed by atoms with E-state index in [0.717, 1.165) is 0 Å². The van der Waals surface area contributed by atoms with Gasteiger partial charge in [0.05, 0.1) is 11.0 Å². The van der Waals surface area contributed by atoms with Crippen molar-refractivity contribution in [3.63, 3.8) is 0 Å². The van der Waals surface area contributed by atoms with Crippen LogP contribution in [0.25, 0.3) is 0 Å². The number of anilines is 1. The first-order chi connectivity index (χ1) is 11.8. The summed E-state index contributed by atoms with van der Waals surface area (Å²) in [6.45, 7) is 2.23. The Morgan fingerprint density at radius 2 is 1.84 bits per heavy atom. The highest BCUT2D eigenvalue weighted by molar-refractivity contribution is 7.89. The number of benzene rings is 1. The predicted octanol–water partition coefficient (Wildman–Crippen LogP) is 0.828. The Morgan fingerprint density at radius 1 is 1.24 bits per heavy atom. The summed E-state index contributed by atoms with van der Waals surface area (Å²) in [7, 11) is -3.67. The third-order valence-corrected chi connectivity index (χ3v) is 5.42. The molecule has 0 spiro atoms. The molecule has 1 aliphatic heterocycles. The zero-order chi connectivity index (χ0) is 18.4. The van der Waals surface area contributed by atoms with E-state index in [0.29, 0.717) is 31.6 Å².